The van der Waals surface area contributed by atoms with Crippen LogP contribution in [0.1, 0.15) is 5.76 Å². The number of nitrogens with zero attached hydrogens (tertiary/aromatic N) is 1. The number of carbonyl (C=O) groups excluding carboxylic acids is 1. The number of hydrogen-bond donors (Lipinski definition) is 1. The fourth-order valence-electron chi connectivity index (χ4n) is 1.67. The monoisotopic (exact) mass is 382 g/mol. The maximum absolute atomic E-state index is 11.9. The predicted molar refractivity (Wildman–Crippen MR) is 88.7 cm³/mol. The summed E-state index contributed by atoms with van der Waals surface area (Å²) in [7, 11) is 0. The van der Waals surface area contributed by atoms with Crippen LogP contribution in [0.2, 0.25) is 5.02 Å². The van der Waals surface area contributed by atoms with Gasteiger partial charge in [-0.3, -0.25) is 4.79 Å². The smallest absolute Gasteiger partial charge is 0.264 e. The van der Waals surface area contributed by atoms with E-state index in [2.05, 4.69) is 26.2 Å². The van der Waals surface area contributed by atoms with E-state index in [1.54, 1.807) is 30.3 Å². The number of hydrogen-bond acceptors (Lipinski definition) is 4. The average Bonchev–Trinajstić information content (AvgIpc) is 3.00. The van der Waals surface area contributed by atoms with Crippen molar-refractivity contribution in [1.29, 1.82) is 0 Å². The fourth-order valence-corrected chi connectivity index (χ4v) is 2.98. The van der Waals surface area contributed by atoms with Gasteiger partial charge >= 0.3 is 0 Å². The van der Waals surface area contributed by atoms with Crippen LogP contribution in [-0.2, 0) is 4.79 Å². The van der Waals surface area contributed by atoms with Gasteiger partial charge in [-0.1, -0.05) is 23.7 Å². The van der Waals surface area contributed by atoms with Crippen molar-refractivity contribution in [1.82, 2.24) is 5.32 Å². The molecule has 2 aromatic rings. The highest BCUT2D eigenvalue weighted by Crippen LogP contribution is 2.31. The van der Waals surface area contributed by atoms with Gasteiger partial charge in [0.25, 0.3) is 5.91 Å². The number of para-hydroxylation sites is 1. The van der Waals surface area contributed by atoms with E-state index in [0.29, 0.717) is 31.2 Å². The third-order valence-corrected chi connectivity index (χ3v) is 4.25. The number of halogens is 2. The summed E-state index contributed by atoms with van der Waals surface area (Å²) in [5.74, 6) is 0.386. The van der Waals surface area contributed by atoms with Crippen LogP contribution in [0.4, 0.5) is 5.69 Å². The minimum atomic E-state index is -0.210. The van der Waals surface area contributed by atoms with Crippen molar-refractivity contribution in [2.45, 2.75) is 0 Å². The predicted octanol–water partition coefficient (Wildman–Crippen LogP) is 4.59. The van der Waals surface area contributed by atoms with E-state index < -0.39 is 0 Å². The number of benzene rings is 1. The Hall–Kier alpha value is -1.50. The number of amides is 1. The summed E-state index contributed by atoms with van der Waals surface area (Å²) in [5.41, 5.74) is 0.615. The standard InChI is InChI=1S/C14H8BrClN2O2S/c15-12-6-5-8(20-12)7-11-13(19)18-14(21-11)17-10-4-2-1-3-9(10)16/h1-7H,(H,17,18,19)/b11-7-. The molecule has 0 saturated carbocycles. The third kappa shape index (κ3) is 3.40. The molecule has 1 aromatic carbocycles. The highest BCUT2D eigenvalue weighted by Gasteiger charge is 2.24. The van der Waals surface area contributed by atoms with Crippen LogP contribution < -0.4 is 5.32 Å². The largest absolute Gasteiger partial charge is 0.450 e. The highest BCUT2D eigenvalue weighted by molar-refractivity contribution is 9.10. The summed E-state index contributed by atoms with van der Waals surface area (Å²) in [6.07, 6.45) is 1.67. The lowest BCUT2D eigenvalue weighted by molar-refractivity contribution is -0.115. The van der Waals surface area contributed by atoms with E-state index in [1.165, 1.54) is 11.8 Å². The van der Waals surface area contributed by atoms with Crippen LogP contribution in [0.5, 0.6) is 0 Å². The Balaban J connectivity index is 1.85. The molecule has 1 saturated heterocycles. The fraction of sp³-hybridized carbons (Fsp3) is 0. The average molecular weight is 384 g/mol. The van der Waals surface area contributed by atoms with Crippen molar-refractivity contribution in [3.05, 3.63) is 56.8 Å². The van der Waals surface area contributed by atoms with Crippen LogP contribution in [0, 0.1) is 0 Å². The molecule has 1 aliphatic heterocycles. The van der Waals surface area contributed by atoms with E-state index in [4.69, 9.17) is 16.0 Å². The summed E-state index contributed by atoms with van der Waals surface area (Å²) in [4.78, 5) is 16.8. The van der Waals surface area contributed by atoms with Crippen LogP contribution in [0.3, 0.4) is 0 Å². The minimum absolute atomic E-state index is 0.210. The van der Waals surface area contributed by atoms with Gasteiger partial charge in [0.1, 0.15) is 5.76 Å². The zero-order valence-electron chi connectivity index (χ0n) is 10.5. The molecule has 0 aliphatic carbocycles. The molecule has 1 N–H and O–H groups in total. The molecular weight excluding hydrogens is 376 g/mol. The van der Waals surface area contributed by atoms with Gasteiger partial charge in [-0.15, -0.1) is 0 Å². The number of furan rings is 1. The van der Waals surface area contributed by atoms with E-state index in [0.717, 1.165) is 0 Å². The van der Waals surface area contributed by atoms with Gasteiger partial charge in [-0.2, -0.15) is 0 Å². The molecule has 1 amide bonds. The number of amidine groups is 1. The number of nitrogens with one attached hydrogen (secondary N) is 1. The maximum Gasteiger partial charge on any atom is 0.264 e. The maximum atomic E-state index is 11.9. The van der Waals surface area contributed by atoms with Gasteiger partial charge in [-0.25, -0.2) is 4.99 Å². The second kappa shape index (κ2) is 6.09. The van der Waals surface area contributed by atoms with Crippen LogP contribution in [0.25, 0.3) is 6.08 Å². The second-order valence-electron chi connectivity index (χ2n) is 4.08. The summed E-state index contributed by atoms with van der Waals surface area (Å²) in [6, 6.07) is 10.7. The Labute approximate surface area is 138 Å². The molecule has 2 heterocycles. The molecule has 3 rings (SSSR count). The molecule has 106 valence electrons. The van der Waals surface area contributed by atoms with Gasteiger partial charge in [0.2, 0.25) is 0 Å². The summed E-state index contributed by atoms with van der Waals surface area (Å²) >= 11 is 10.5. The molecule has 1 fully saturated rings. The summed E-state index contributed by atoms with van der Waals surface area (Å²) < 4.78 is 5.97. The van der Waals surface area contributed by atoms with Crippen molar-refractivity contribution in [3.8, 4) is 0 Å². The van der Waals surface area contributed by atoms with E-state index in [-0.39, 0.29) is 5.91 Å². The first-order valence-corrected chi connectivity index (χ1v) is 7.90. The first-order chi connectivity index (χ1) is 10.1. The molecule has 0 atom stereocenters. The first-order valence-electron chi connectivity index (χ1n) is 5.91. The first kappa shape index (κ1) is 14.4. The van der Waals surface area contributed by atoms with Crippen molar-refractivity contribution < 1.29 is 9.21 Å². The van der Waals surface area contributed by atoms with Gasteiger partial charge in [0, 0.05) is 6.08 Å². The molecule has 1 aromatic heterocycles. The molecule has 4 nitrogen and oxygen atoms in total. The zero-order valence-corrected chi connectivity index (χ0v) is 13.6. The number of aliphatic imine (C=N–C) groups is 1. The molecule has 1 aliphatic rings. The van der Waals surface area contributed by atoms with Gasteiger partial charge in [0.15, 0.2) is 9.84 Å². The molecular formula is C14H8BrClN2O2S. The normalized spacial score (nSPS) is 18.5. The summed E-state index contributed by atoms with van der Waals surface area (Å²) in [6.45, 7) is 0. The zero-order chi connectivity index (χ0) is 14.8. The molecule has 0 radical (unpaired) electrons. The Morgan fingerprint density at radius 1 is 1.29 bits per heavy atom. The molecule has 0 bridgehead atoms. The van der Waals surface area contributed by atoms with Crippen molar-refractivity contribution >= 4 is 62.1 Å². The number of rotatable bonds is 2. The SMILES string of the molecule is O=C1NC(=Nc2ccccc2Cl)S/C1=C\c1ccc(Br)o1. The lowest BCUT2D eigenvalue weighted by Crippen LogP contribution is -2.19. The molecule has 21 heavy (non-hydrogen) atoms. The van der Waals surface area contributed by atoms with Crippen molar-refractivity contribution in [2.24, 2.45) is 4.99 Å². The lowest BCUT2D eigenvalue weighted by Gasteiger charge is -1.98. The third-order valence-electron chi connectivity index (χ3n) is 2.59. The van der Waals surface area contributed by atoms with Gasteiger partial charge in [0.05, 0.1) is 15.6 Å². The molecule has 0 unspecified atom stereocenters. The van der Waals surface area contributed by atoms with E-state index in [9.17, 15) is 4.79 Å². The van der Waals surface area contributed by atoms with Crippen LogP contribution in [-0.4, -0.2) is 11.1 Å². The van der Waals surface area contributed by atoms with E-state index >= 15 is 0 Å². The quantitative estimate of drug-likeness (QED) is 0.772. The van der Waals surface area contributed by atoms with E-state index in [1.807, 2.05) is 12.1 Å². The second-order valence-corrected chi connectivity index (χ2v) is 6.29. The minimum Gasteiger partial charge on any atom is -0.450 e. The van der Waals surface area contributed by atoms with Crippen LogP contribution in [0.15, 0.2) is 55.4 Å². The molecule has 7 heteroatoms. The van der Waals surface area contributed by atoms with Crippen molar-refractivity contribution in [3.63, 3.8) is 0 Å². The Kier molecular flexibility index (Phi) is 4.19. The molecule has 0 spiro atoms. The van der Waals surface area contributed by atoms with Gasteiger partial charge < -0.3 is 9.73 Å². The Bertz CT molecular complexity index is 770. The number of thioether (sulfide) groups is 1. The lowest BCUT2D eigenvalue weighted by atomic mass is 10.3. The summed E-state index contributed by atoms with van der Waals surface area (Å²) in [5, 5.41) is 3.73. The van der Waals surface area contributed by atoms with Gasteiger partial charge in [-0.05, 0) is 52.0 Å². The Morgan fingerprint density at radius 2 is 2.10 bits per heavy atom. The topological polar surface area (TPSA) is 54.6 Å². The van der Waals surface area contributed by atoms with Crippen LogP contribution >= 0.6 is 39.3 Å². The Morgan fingerprint density at radius 3 is 2.81 bits per heavy atom. The van der Waals surface area contributed by atoms with Crippen molar-refractivity contribution in [2.75, 3.05) is 0 Å². The highest BCUT2D eigenvalue weighted by atomic mass is 79.9. The number of carbonyl (C=O) groups is 1.